The fourth-order valence-electron chi connectivity index (χ4n) is 5.34. The van der Waals surface area contributed by atoms with E-state index in [0.717, 1.165) is 22.8 Å². The van der Waals surface area contributed by atoms with E-state index in [0.29, 0.717) is 0 Å². The van der Waals surface area contributed by atoms with Crippen molar-refractivity contribution in [2.75, 3.05) is 17.7 Å². The molecule has 4 rings (SSSR count). The summed E-state index contributed by atoms with van der Waals surface area (Å²) in [5, 5.41) is 7.67. The Hall–Kier alpha value is -3.72. The van der Waals surface area contributed by atoms with Crippen LogP contribution in [-0.4, -0.2) is 7.11 Å². The number of benzene rings is 4. The Bertz CT molecular complexity index is 1450. The summed E-state index contributed by atoms with van der Waals surface area (Å²) >= 11 is 0. The maximum absolute atomic E-state index is 5.69. The molecule has 4 aromatic carbocycles. The van der Waals surface area contributed by atoms with Crippen molar-refractivity contribution in [2.24, 2.45) is 0 Å². The molecule has 0 unspecified atom stereocenters. The lowest BCUT2D eigenvalue weighted by atomic mass is 9.78. The van der Waals surface area contributed by atoms with Gasteiger partial charge in [0.05, 0.1) is 12.8 Å². The molecule has 0 saturated carbocycles. The number of aryl methyl sites for hydroxylation is 3. The van der Waals surface area contributed by atoms with Crippen LogP contribution in [0.25, 0.3) is 11.1 Å². The average molecular weight is 521 g/mol. The van der Waals surface area contributed by atoms with E-state index in [9.17, 15) is 0 Å². The molecule has 2 N–H and O–H groups in total. The van der Waals surface area contributed by atoms with Gasteiger partial charge in [-0.1, -0.05) is 90.1 Å². The maximum atomic E-state index is 5.69. The van der Waals surface area contributed by atoms with Gasteiger partial charge in [-0.3, -0.25) is 0 Å². The largest absolute Gasteiger partial charge is 0.495 e. The van der Waals surface area contributed by atoms with E-state index < -0.39 is 0 Å². The van der Waals surface area contributed by atoms with E-state index in [4.69, 9.17) is 4.74 Å². The van der Waals surface area contributed by atoms with Gasteiger partial charge in [0.2, 0.25) is 0 Å². The van der Waals surface area contributed by atoms with E-state index in [-0.39, 0.29) is 10.8 Å². The van der Waals surface area contributed by atoms with Crippen LogP contribution in [0.2, 0.25) is 0 Å². The third kappa shape index (κ3) is 5.98. The molecule has 0 amide bonds. The second-order valence-electron chi connectivity index (χ2n) is 12.7. The quantitative estimate of drug-likeness (QED) is 0.265. The summed E-state index contributed by atoms with van der Waals surface area (Å²) in [5.74, 6) is 0.824. The predicted molar refractivity (Wildman–Crippen MR) is 169 cm³/mol. The van der Waals surface area contributed by atoms with Crippen LogP contribution in [0, 0.1) is 20.8 Å². The Morgan fingerprint density at radius 2 is 1.05 bits per heavy atom. The lowest BCUT2D eigenvalue weighted by molar-refractivity contribution is 0.416. The Morgan fingerprint density at radius 3 is 1.54 bits per heavy atom. The first kappa shape index (κ1) is 28.3. The molecule has 39 heavy (non-hydrogen) atoms. The van der Waals surface area contributed by atoms with Gasteiger partial charge >= 0.3 is 0 Å². The monoisotopic (exact) mass is 520 g/mol. The normalized spacial score (nSPS) is 11.8. The highest BCUT2D eigenvalue weighted by atomic mass is 16.5. The molecule has 3 heteroatoms. The van der Waals surface area contributed by atoms with E-state index in [1.54, 1.807) is 7.11 Å². The smallest absolute Gasteiger partial charge is 0.142 e. The van der Waals surface area contributed by atoms with Crippen LogP contribution in [0.5, 0.6) is 5.75 Å². The van der Waals surface area contributed by atoms with Gasteiger partial charge in [-0.05, 0) is 83.7 Å². The zero-order valence-corrected chi connectivity index (χ0v) is 25.3. The predicted octanol–water partition coefficient (Wildman–Crippen LogP) is 10.4. The lowest BCUT2D eigenvalue weighted by Crippen LogP contribution is -2.20. The van der Waals surface area contributed by atoms with Gasteiger partial charge in [0.15, 0.2) is 0 Å². The lowest BCUT2D eigenvalue weighted by Gasteiger charge is -2.31. The molecule has 0 aromatic heterocycles. The minimum absolute atomic E-state index is 0.00924. The molecule has 0 radical (unpaired) electrons. The first-order valence-electron chi connectivity index (χ1n) is 13.8. The first-order chi connectivity index (χ1) is 18.3. The van der Waals surface area contributed by atoms with Crippen LogP contribution in [0.1, 0.15) is 69.4 Å². The van der Waals surface area contributed by atoms with Gasteiger partial charge in [0.1, 0.15) is 5.75 Å². The fourth-order valence-corrected chi connectivity index (χ4v) is 5.34. The summed E-state index contributed by atoms with van der Waals surface area (Å²) in [4.78, 5) is 0. The fraction of sp³-hybridized carbons (Fsp3) is 0.333. The second kappa shape index (κ2) is 10.8. The third-order valence-electron chi connectivity index (χ3n) is 7.36. The summed E-state index contributed by atoms with van der Waals surface area (Å²) < 4.78 is 5.69. The topological polar surface area (TPSA) is 33.3 Å². The number of hydrogen-bond donors (Lipinski definition) is 2. The first-order valence-corrected chi connectivity index (χ1v) is 13.8. The van der Waals surface area contributed by atoms with Crippen molar-refractivity contribution in [3.05, 3.63) is 101 Å². The SMILES string of the molecule is COc1ccc(C)cc1Nc1cccc(C)c1-c1c(C)cccc1Nc1c(C(C)(C)C)cccc1C(C)(C)C. The molecule has 204 valence electrons. The minimum Gasteiger partial charge on any atom is -0.495 e. The molecular formula is C36H44N2O. The van der Waals surface area contributed by atoms with Gasteiger partial charge in [-0.15, -0.1) is 0 Å². The highest BCUT2D eigenvalue weighted by Crippen LogP contribution is 2.45. The highest BCUT2D eigenvalue weighted by Gasteiger charge is 2.26. The average Bonchev–Trinajstić information content (AvgIpc) is 2.84. The van der Waals surface area contributed by atoms with E-state index in [2.05, 4.69) is 140 Å². The Balaban J connectivity index is 1.93. The van der Waals surface area contributed by atoms with E-state index >= 15 is 0 Å². The van der Waals surface area contributed by atoms with Crippen LogP contribution >= 0.6 is 0 Å². The van der Waals surface area contributed by atoms with Crippen molar-refractivity contribution in [2.45, 2.75) is 73.1 Å². The Kier molecular flexibility index (Phi) is 7.84. The van der Waals surface area contributed by atoms with Crippen LogP contribution in [0.15, 0.2) is 72.8 Å². The van der Waals surface area contributed by atoms with Gasteiger partial charge in [0, 0.05) is 28.2 Å². The van der Waals surface area contributed by atoms with Crippen molar-refractivity contribution in [1.82, 2.24) is 0 Å². The minimum atomic E-state index is -0.00924. The summed E-state index contributed by atoms with van der Waals surface area (Å²) in [6.45, 7) is 20.2. The summed E-state index contributed by atoms with van der Waals surface area (Å²) in [5.41, 5.74) is 12.9. The highest BCUT2D eigenvalue weighted by molar-refractivity contribution is 5.93. The van der Waals surface area contributed by atoms with Gasteiger partial charge in [-0.25, -0.2) is 0 Å². The number of methoxy groups -OCH3 is 1. The van der Waals surface area contributed by atoms with Crippen molar-refractivity contribution in [1.29, 1.82) is 0 Å². The molecule has 0 aliphatic heterocycles. The van der Waals surface area contributed by atoms with Crippen LogP contribution in [-0.2, 0) is 10.8 Å². The number of hydrogen-bond acceptors (Lipinski definition) is 3. The number of anilines is 4. The molecule has 3 nitrogen and oxygen atoms in total. The van der Waals surface area contributed by atoms with E-state index in [1.807, 2.05) is 6.07 Å². The standard InChI is InChI=1S/C36H44N2O/c1-23-20-21-31(39-10)30(22-23)37-28-18-11-14-24(2)32(28)33-25(3)15-12-19-29(33)38-34-26(35(4,5)6)16-13-17-27(34)36(7,8)9/h11-22,37-38H,1-10H3. The van der Waals surface area contributed by atoms with Crippen molar-refractivity contribution in [3.63, 3.8) is 0 Å². The van der Waals surface area contributed by atoms with Gasteiger partial charge < -0.3 is 15.4 Å². The molecule has 0 bridgehead atoms. The van der Waals surface area contributed by atoms with Gasteiger partial charge in [-0.2, -0.15) is 0 Å². The molecule has 0 spiro atoms. The van der Waals surface area contributed by atoms with Crippen LogP contribution in [0.3, 0.4) is 0 Å². The van der Waals surface area contributed by atoms with Crippen LogP contribution < -0.4 is 15.4 Å². The zero-order valence-electron chi connectivity index (χ0n) is 25.3. The molecule has 4 aromatic rings. The van der Waals surface area contributed by atoms with Crippen molar-refractivity contribution >= 4 is 22.7 Å². The Labute approximate surface area is 235 Å². The molecule has 0 saturated heterocycles. The van der Waals surface area contributed by atoms with Crippen molar-refractivity contribution in [3.8, 4) is 16.9 Å². The molecule has 0 fully saturated rings. The molecule has 0 heterocycles. The van der Waals surface area contributed by atoms with Crippen LogP contribution in [0.4, 0.5) is 22.7 Å². The Morgan fingerprint density at radius 1 is 0.564 bits per heavy atom. The second-order valence-corrected chi connectivity index (χ2v) is 12.7. The summed E-state index contributed by atoms with van der Waals surface area (Å²) in [6, 6.07) is 26.0. The number of rotatable bonds is 6. The summed E-state index contributed by atoms with van der Waals surface area (Å²) in [6.07, 6.45) is 0. The molecular weight excluding hydrogens is 476 g/mol. The third-order valence-corrected chi connectivity index (χ3v) is 7.36. The van der Waals surface area contributed by atoms with Crippen molar-refractivity contribution < 1.29 is 4.74 Å². The number of para-hydroxylation sites is 1. The van der Waals surface area contributed by atoms with Gasteiger partial charge in [0.25, 0.3) is 0 Å². The molecule has 0 aliphatic carbocycles. The van der Waals surface area contributed by atoms with E-state index in [1.165, 1.54) is 44.6 Å². The number of ether oxygens (including phenoxy) is 1. The molecule has 0 atom stereocenters. The zero-order chi connectivity index (χ0) is 28.5. The maximum Gasteiger partial charge on any atom is 0.142 e. The molecule has 0 aliphatic rings. The summed E-state index contributed by atoms with van der Waals surface area (Å²) in [7, 11) is 1.72. The number of nitrogens with one attached hydrogen (secondary N) is 2.